The van der Waals surface area contributed by atoms with Crippen LogP contribution in [-0.4, -0.2) is 0 Å². The zero-order valence-corrected chi connectivity index (χ0v) is 33.1. The zero-order valence-electron chi connectivity index (χ0n) is 31.5. The Morgan fingerprint density at radius 1 is 0.328 bits per heavy atom. The molecule has 0 atom stereocenters. The fourth-order valence-corrected chi connectivity index (χ4v) is 12.0. The molecule has 1 aliphatic carbocycles. The fourth-order valence-electron chi connectivity index (χ4n) is 9.64. The van der Waals surface area contributed by atoms with Crippen LogP contribution in [0, 0.1) is 0 Å². The Morgan fingerprint density at radius 3 is 1.62 bits per heavy atom. The molecule has 11 aromatic rings. The molecule has 1 aliphatic rings. The van der Waals surface area contributed by atoms with E-state index in [1.807, 2.05) is 22.7 Å². The summed E-state index contributed by atoms with van der Waals surface area (Å²) in [6.07, 6.45) is 0. The first kappa shape index (κ1) is 33.4. The van der Waals surface area contributed by atoms with Crippen LogP contribution in [0.15, 0.2) is 212 Å². The maximum atomic E-state index is 2.45. The lowest BCUT2D eigenvalue weighted by molar-refractivity contribution is 0.768. The molecule has 1 nitrogen and oxygen atoms in total. The van der Waals surface area contributed by atoms with E-state index >= 15 is 0 Å². The largest absolute Gasteiger partial charge is 0.310 e. The number of rotatable bonds is 6. The molecular formula is C55H35NS2. The van der Waals surface area contributed by atoms with Crippen molar-refractivity contribution >= 4 is 80.1 Å². The molecule has 0 aliphatic heterocycles. The van der Waals surface area contributed by atoms with Crippen LogP contribution in [0.1, 0.15) is 22.3 Å². The second-order valence-electron chi connectivity index (χ2n) is 15.2. The van der Waals surface area contributed by atoms with Gasteiger partial charge in [0.05, 0.1) is 5.41 Å². The van der Waals surface area contributed by atoms with Crippen molar-refractivity contribution in [3.05, 3.63) is 235 Å². The van der Waals surface area contributed by atoms with Crippen LogP contribution in [0.5, 0.6) is 0 Å². The van der Waals surface area contributed by atoms with Crippen LogP contribution < -0.4 is 4.90 Å². The van der Waals surface area contributed by atoms with E-state index in [-0.39, 0.29) is 0 Å². The van der Waals surface area contributed by atoms with Gasteiger partial charge in [0.15, 0.2) is 0 Å². The topological polar surface area (TPSA) is 3.24 Å². The summed E-state index contributed by atoms with van der Waals surface area (Å²) in [6, 6.07) is 78.7. The highest BCUT2D eigenvalue weighted by molar-refractivity contribution is 7.26. The quantitative estimate of drug-likeness (QED) is 0.163. The van der Waals surface area contributed by atoms with Crippen LogP contribution in [0.2, 0.25) is 0 Å². The molecule has 0 saturated carbocycles. The van der Waals surface area contributed by atoms with Crippen molar-refractivity contribution in [1.29, 1.82) is 0 Å². The molecule has 3 heteroatoms. The molecule has 0 saturated heterocycles. The predicted molar refractivity (Wildman–Crippen MR) is 250 cm³/mol. The van der Waals surface area contributed by atoms with E-state index in [0.29, 0.717) is 0 Å². The first-order valence-corrected chi connectivity index (χ1v) is 21.5. The molecule has 0 N–H and O–H groups in total. The molecule has 272 valence electrons. The Bertz CT molecular complexity index is 3300. The van der Waals surface area contributed by atoms with Gasteiger partial charge in [-0.3, -0.25) is 0 Å². The van der Waals surface area contributed by atoms with Gasteiger partial charge in [0, 0.05) is 57.4 Å². The van der Waals surface area contributed by atoms with Crippen LogP contribution in [-0.2, 0) is 5.41 Å². The zero-order chi connectivity index (χ0) is 38.2. The smallest absolute Gasteiger partial charge is 0.0713 e. The van der Waals surface area contributed by atoms with Gasteiger partial charge in [0.25, 0.3) is 0 Å². The minimum atomic E-state index is -0.443. The Morgan fingerprint density at radius 2 is 0.862 bits per heavy atom. The standard InChI is InChI=1S/C55H35NS2/c1-3-14-37(15-4-1)55(38-16-5-2-6-17-38)49-23-10-7-18-43(49)47-34-40(30-32-50(47)55)56(41-31-33-53-48(35-41)45-20-9-11-24-51(45)57-53)39-28-26-36(27-29-39)42-21-13-22-46-44-19-8-12-25-52(44)58-54(42)46/h1-35H. The van der Waals surface area contributed by atoms with Gasteiger partial charge in [-0.2, -0.15) is 0 Å². The number of benzene rings is 9. The van der Waals surface area contributed by atoms with E-state index < -0.39 is 5.41 Å². The molecule has 0 unspecified atom stereocenters. The third-order valence-corrected chi connectivity index (χ3v) is 14.5. The van der Waals surface area contributed by atoms with E-state index in [0.717, 1.165) is 17.1 Å². The number of hydrogen-bond donors (Lipinski definition) is 0. The van der Waals surface area contributed by atoms with Crippen molar-refractivity contribution in [3.8, 4) is 22.3 Å². The Labute approximate surface area is 345 Å². The van der Waals surface area contributed by atoms with Gasteiger partial charge in [-0.1, -0.05) is 158 Å². The molecule has 0 spiro atoms. The van der Waals surface area contributed by atoms with Crippen LogP contribution in [0.3, 0.4) is 0 Å². The summed E-state index contributed by atoms with van der Waals surface area (Å²) in [5.41, 5.74) is 13.1. The molecule has 0 bridgehead atoms. The average molecular weight is 774 g/mol. The van der Waals surface area contributed by atoms with Crippen molar-refractivity contribution < 1.29 is 0 Å². The maximum Gasteiger partial charge on any atom is 0.0713 e. The van der Waals surface area contributed by atoms with Gasteiger partial charge in [-0.15, -0.1) is 22.7 Å². The van der Waals surface area contributed by atoms with Gasteiger partial charge >= 0.3 is 0 Å². The summed E-state index contributed by atoms with van der Waals surface area (Å²) in [7, 11) is 0. The number of nitrogens with zero attached hydrogens (tertiary/aromatic N) is 1. The Hall–Kier alpha value is -6.78. The van der Waals surface area contributed by atoms with Gasteiger partial charge in [-0.25, -0.2) is 0 Å². The molecule has 58 heavy (non-hydrogen) atoms. The Kier molecular flexibility index (Phi) is 7.56. The van der Waals surface area contributed by atoms with E-state index in [9.17, 15) is 0 Å². The molecule has 9 aromatic carbocycles. The van der Waals surface area contributed by atoms with Crippen molar-refractivity contribution in [3.63, 3.8) is 0 Å². The van der Waals surface area contributed by atoms with E-state index in [1.165, 1.54) is 84.9 Å². The molecule has 12 rings (SSSR count). The molecule has 0 fully saturated rings. The SMILES string of the molecule is c1ccc(C2(c3ccccc3)c3ccccc3-c3cc(N(c4ccc(-c5cccc6c5sc5ccccc56)cc4)c4ccc5sc6ccccc6c5c4)ccc32)cc1. The van der Waals surface area contributed by atoms with Crippen molar-refractivity contribution in [2.45, 2.75) is 5.41 Å². The number of fused-ring (bicyclic) bond motifs is 9. The Balaban J connectivity index is 1.06. The summed E-state index contributed by atoms with van der Waals surface area (Å²) in [5.74, 6) is 0. The summed E-state index contributed by atoms with van der Waals surface area (Å²) < 4.78 is 5.27. The number of hydrogen-bond acceptors (Lipinski definition) is 3. The van der Waals surface area contributed by atoms with E-state index in [1.54, 1.807) is 0 Å². The normalized spacial score (nSPS) is 13.0. The highest BCUT2D eigenvalue weighted by Gasteiger charge is 2.46. The van der Waals surface area contributed by atoms with Gasteiger partial charge in [0.2, 0.25) is 0 Å². The number of anilines is 3. The molecular weight excluding hydrogens is 739 g/mol. The molecule has 2 heterocycles. The lowest BCUT2D eigenvalue weighted by Crippen LogP contribution is -2.28. The lowest BCUT2D eigenvalue weighted by atomic mass is 9.68. The van der Waals surface area contributed by atoms with Crippen molar-refractivity contribution in [2.75, 3.05) is 4.90 Å². The minimum Gasteiger partial charge on any atom is -0.310 e. The predicted octanol–water partition coefficient (Wildman–Crippen LogP) is 15.9. The average Bonchev–Trinajstić information content (AvgIpc) is 3.96. The summed E-state index contributed by atoms with van der Waals surface area (Å²) in [6.45, 7) is 0. The number of thiophene rings is 2. The lowest BCUT2D eigenvalue weighted by Gasteiger charge is -2.34. The maximum absolute atomic E-state index is 2.45. The van der Waals surface area contributed by atoms with Gasteiger partial charge in [0.1, 0.15) is 0 Å². The van der Waals surface area contributed by atoms with E-state index in [4.69, 9.17) is 0 Å². The van der Waals surface area contributed by atoms with Gasteiger partial charge < -0.3 is 4.90 Å². The van der Waals surface area contributed by atoms with Gasteiger partial charge in [-0.05, 0) is 99.1 Å². The van der Waals surface area contributed by atoms with Crippen LogP contribution in [0.4, 0.5) is 17.1 Å². The second-order valence-corrected chi connectivity index (χ2v) is 17.3. The highest BCUT2D eigenvalue weighted by Crippen LogP contribution is 2.57. The third-order valence-electron chi connectivity index (χ3n) is 12.2. The van der Waals surface area contributed by atoms with E-state index in [2.05, 4.69) is 217 Å². The molecule has 0 amide bonds. The molecule has 0 radical (unpaired) electrons. The summed E-state index contributed by atoms with van der Waals surface area (Å²) in [5, 5.41) is 5.23. The van der Waals surface area contributed by atoms with Crippen molar-refractivity contribution in [1.82, 2.24) is 0 Å². The van der Waals surface area contributed by atoms with Crippen LogP contribution in [0.25, 0.3) is 62.6 Å². The first-order valence-electron chi connectivity index (χ1n) is 19.8. The first-order chi connectivity index (χ1) is 28.8. The molecule has 2 aromatic heterocycles. The van der Waals surface area contributed by atoms with Crippen LogP contribution >= 0.6 is 22.7 Å². The second kappa shape index (κ2) is 13.1. The van der Waals surface area contributed by atoms with Crippen molar-refractivity contribution in [2.24, 2.45) is 0 Å². The monoisotopic (exact) mass is 773 g/mol. The fraction of sp³-hybridized carbons (Fsp3) is 0.0182. The summed E-state index contributed by atoms with van der Waals surface area (Å²) >= 11 is 3.75. The minimum absolute atomic E-state index is 0.443. The highest BCUT2D eigenvalue weighted by atomic mass is 32.1. The summed E-state index contributed by atoms with van der Waals surface area (Å²) in [4.78, 5) is 2.45. The third kappa shape index (κ3) is 4.94.